The molecule has 6 heteroatoms. The van der Waals surface area contributed by atoms with Crippen LogP contribution in [0.15, 0.2) is 11.6 Å². The van der Waals surface area contributed by atoms with Gasteiger partial charge >= 0.3 is 0 Å². The lowest BCUT2D eigenvalue weighted by Crippen LogP contribution is -2.49. The van der Waals surface area contributed by atoms with E-state index in [1.165, 1.54) is 5.57 Å². The number of nitrogens with zero attached hydrogens (tertiary/aromatic N) is 2. The first kappa shape index (κ1) is 15.9. The van der Waals surface area contributed by atoms with Crippen molar-refractivity contribution in [1.29, 1.82) is 0 Å². The first-order chi connectivity index (χ1) is 9.54. The summed E-state index contributed by atoms with van der Waals surface area (Å²) in [6.45, 7) is 8.65. The van der Waals surface area contributed by atoms with Gasteiger partial charge in [-0.05, 0) is 45.2 Å². The van der Waals surface area contributed by atoms with Gasteiger partial charge in [-0.25, -0.2) is 0 Å². The van der Waals surface area contributed by atoms with E-state index in [1.54, 1.807) is 8.61 Å². The maximum absolute atomic E-state index is 12.6. The highest BCUT2D eigenvalue weighted by Gasteiger charge is 2.32. The summed E-state index contributed by atoms with van der Waals surface area (Å²) < 4.78 is 28.4. The Hall–Kier alpha value is -0.430. The van der Waals surface area contributed by atoms with Crippen LogP contribution in [0.25, 0.3) is 0 Å². The fourth-order valence-electron chi connectivity index (χ4n) is 2.82. The van der Waals surface area contributed by atoms with Crippen molar-refractivity contribution in [1.82, 2.24) is 13.9 Å². The predicted octanol–water partition coefficient (Wildman–Crippen LogP) is 1.20. The molecule has 0 aromatic heterocycles. The Bertz CT molecular complexity index is 439. The molecule has 0 aromatic rings. The summed E-state index contributed by atoms with van der Waals surface area (Å²) in [4.78, 5) is 0. The molecule has 0 aliphatic carbocycles. The molecule has 1 fully saturated rings. The van der Waals surface area contributed by atoms with Gasteiger partial charge in [0.15, 0.2) is 0 Å². The second-order valence-corrected chi connectivity index (χ2v) is 7.74. The predicted molar refractivity (Wildman–Crippen MR) is 81.7 cm³/mol. The van der Waals surface area contributed by atoms with Crippen LogP contribution in [0.1, 0.15) is 33.1 Å². The average Bonchev–Trinajstić information content (AvgIpc) is 2.46. The summed E-state index contributed by atoms with van der Waals surface area (Å²) >= 11 is 0. The van der Waals surface area contributed by atoms with Crippen LogP contribution < -0.4 is 5.32 Å². The first-order valence-corrected chi connectivity index (χ1v) is 9.05. The molecule has 0 radical (unpaired) electrons. The molecular weight excluding hydrogens is 274 g/mol. The number of rotatable bonds is 5. The van der Waals surface area contributed by atoms with Crippen LogP contribution in [0, 0.1) is 5.92 Å². The van der Waals surface area contributed by atoms with Crippen molar-refractivity contribution in [2.75, 3.05) is 39.3 Å². The lowest BCUT2D eigenvalue weighted by atomic mass is 9.98. The van der Waals surface area contributed by atoms with Crippen molar-refractivity contribution in [3.63, 3.8) is 0 Å². The quantitative estimate of drug-likeness (QED) is 0.777. The SMILES string of the molecule is CCNCC1CCN(S(=O)(=O)N2CC=C(C)CC2)CC1. The second kappa shape index (κ2) is 7.02. The molecule has 0 bridgehead atoms. The van der Waals surface area contributed by atoms with Gasteiger partial charge in [-0.1, -0.05) is 18.6 Å². The van der Waals surface area contributed by atoms with Crippen LogP contribution in [-0.4, -0.2) is 56.3 Å². The van der Waals surface area contributed by atoms with Crippen molar-refractivity contribution in [2.24, 2.45) is 5.92 Å². The number of hydrogen-bond acceptors (Lipinski definition) is 3. The van der Waals surface area contributed by atoms with Gasteiger partial charge in [0, 0.05) is 26.2 Å². The third-order valence-corrected chi connectivity index (χ3v) is 6.31. The zero-order valence-electron chi connectivity index (χ0n) is 12.6. The van der Waals surface area contributed by atoms with Crippen molar-refractivity contribution in [3.05, 3.63) is 11.6 Å². The average molecular weight is 301 g/mol. The summed E-state index contributed by atoms with van der Waals surface area (Å²) in [6, 6.07) is 0. The van der Waals surface area contributed by atoms with E-state index in [2.05, 4.69) is 19.2 Å². The van der Waals surface area contributed by atoms with Crippen LogP contribution in [0.2, 0.25) is 0 Å². The normalized spacial score (nSPS) is 23.8. The lowest BCUT2D eigenvalue weighted by molar-refractivity contribution is 0.251. The van der Waals surface area contributed by atoms with Gasteiger partial charge in [-0.2, -0.15) is 17.0 Å². The molecule has 2 aliphatic rings. The molecule has 0 saturated carbocycles. The third-order valence-electron chi connectivity index (χ3n) is 4.31. The van der Waals surface area contributed by atoms with E-state index in [0.717, 1.165) is 32.4 Å². The van der Waals surface area contributed by atoms with Crippen LogP contribution >= 0.6 is 0 Å². The molecule has 2 heterocycles. The van der Waals surface area contributed by atoms with Gasteiger partial charge in [-0.3, -0.25) is 0 Å². The lowest BCUT2D eigenvalue weighted by Gasteiger charge is -2.35. The molecule has 116 valence electrons. The molecule has 1 saturated heterocycles. The molecule has 5 nitrogen and oxygen atoms in total. The molecule has 20 heavy (non-hydrogen) atoms. The van der Waals surface area contributed by atoms with Crippen LogP contribution in [-0.2, 0) is 10.2 Å². The Morgan fingerprint density at radius 3 is 2.50 bits per heavy atom. The Labute approximate surface area is 123 Å². The molecule has 0 unspecified atom stereocenters. The van der Waals surface area contributed by atoms with Crippen LogP contribution in [0.4, 0.5) is 0 Å². The summed E-state index contributed by atoms with van der Waals surface area (Å²) in [5.74, 6) is 0.616. The van der Waals surface area contributed by atoms with Gasteiger partial charge in [0.2, 0.25) is 0 Å². The first-order valence-electron chi connectivity index (χ1n) is 7.65. The van der Waals surface area contributed by atoms with Crippen molar-refractivity contribution >= 4 is 10.2 Å². The van der Waals surface area contributed by atoms with Gasteiger partial charge < -0.3 is 5.32 Å². The summed E-state index contributed by atoms with van der Waals surface area (Å²) in [5.41, 5.74) is 1.29. The highest BCUT2D eigenvalue weighted by atomic mass is 32.2. The number of piperidine rings is 1. The molecule has 0 amide bonds. The molecule has 0 spiro atoms. The highest BCUT2D eigenvalue weighted by molar-refractivity contribution is 7.86. The van der Waals surface area contributed by atoms with E-state index in [4.69, 9.17) is 0 Å². The van der Waals surface area contributed by atoms with E-state index in [0.29, 0.717) is 32.1 Å². The van der Waals surface area contributed by atoms with E-state index in [9.17, 15) is 8.42 Å². The maximum atomic E-state index is 12.6. The molecule has 0 atom stereocenters. The standard InChI is InChI=1S/C14H27N3O2S/c1-3-15-12-14-6-10-17(11-7-14)20(18,19)16-8-4-13(2)5-9-16/h4,14-15H,3,5-12H2,1-2H3. The van der Waals surface area contributed by atoms with Crippen LogP contribution in [0.5, 0.6) is 0 Å². The van der Waals surface area contributed by atoms with Gasteiger partial charge in [0.05, 0.1) is 0 Å². The van der Waals surface area contributed by atoms with Crippen LogP contribution in [0.3, 0.4) is 0 Å². The van der Waals surface area contributed by atoms with Crippen molar-refractivity contribution in [2.45, 2.75) is 33.1 Å². The van der Waals surface area contributed by atoms with E-state index in [-0.39, 0.29) is 0 Å². The minimum absolute atomic E-state index is 0.533. The maximum Gasteiger partial charge on any atom is 0.282 e. The summed E-state index contributed by atoms with van der Waals surface area (Å²) in [5, 5.41) is 3.35. The third kappa shape index (κ3) is 3.81. The molecule has 2 rings (SSSR count). The van der Waals surface area contributed by atoms with Gasteiger partial charge in [-0.15, -0.1) is 0 Å². The molecule has 0 aromatic carbocycles. The zero-order chi connectivity index (χ0) is 14.6. The van der Waals surface area contributed by atoms with E-state index < -0.39 is 10.2 Å². The summed E-state index contributed by atoms with van der Waals surface area (Å²) in [7, 11) is -3.25. The highest BCUT2D eigenvalue weighted by Crippen LogP contribution is 2.22. The fraction of sp³-hybridized carbons (Fsp3) is 0.857. The molecule has 2 aliphatic heterocycles. The minimum Gasteiger partial charge on any atom is -0.317 e. The van der Waals surface area contributed by atoms with Gasteiger partial charge in [0.1, 0.15) is 0 Å². The van der Waals surface area contributed by atoms with Crippen molar-refractivity contribution < 1.29 is 8.42 Å². The minimum atomic E-state index is -3.25. The Morgan fingerprint density at radius 1 is 1.25 bits per heavy atom. The zero-order valence-corrected chi connectivity index (χ0v) is 13.5. The largest absolute Gasteiger partial charge is 0.317 e. The fourth-order valence-corrected chi connectivity index (χ4v) is 4.40. The van der Waals surface area contributed by atoms with Gasteiger partial charge in [0.25, 0.3) is 10.2 Å². The Morgan fingerprint density at radius 2 is 1.95 bits per heavy atom. The Kier molecular flexibility index (Phi) is 5.60. The molecular formula is C14H27N3O2S. The Balaban J connectivity index is 1.89. The molecule has 1 N–H and O–H groups in total. The number of hydrogen-bond donors (Lipinski definition) is 1. The smallest absolute Gasteiger partial charge is 0.282 e. The second-order valence-electron chi connectivity index (χ2n) is 5.82. The monoisotopic (exact) mass is 301 g/mol. The van der Waals surface area contributed by atoms with Crippen molar-refractivity contribution in [3.8, 4) is 0 Å². The summed E-state index contributed by atoms with van der Waals surface area (Å²) in [6.07, 6.45) is 4.82. The van der Waals surface area contributed by atoms with E-state index >= 15 is 0 Å². The van der Waals surface area contributed by atoms with E-state index in [1.807, 2.05) is 6.08 Å². The topological polar surface area (TPSA) is 52.7 Å². The number of nitrogens with one attached hydrogen (secondary N) is 1.